The SMILES string of the molecule is Cc1cc(F)c(C2CN2S(=O)(=O)C(C)(C)C)c(F)c1. The zero-order valence-electron chi connectivity index (χ0n) is 11.4. The molecule has 0 radical (unpaired) electrons. The summed E-state index contributed by atoms with van der Waals surface area (Å²) in [6.07, 6.45) is 0. The first kappa shape index (κ1) is 14.4. The maximum atomic E-state index is 13.8. The summed E-state index contributed by atoms with van der Waals surface area (Å²) in [4.78, 5) is 0. The Hall–Kier alpha value is -1.01. The largest absolute Gasteiger partial charge is 0.219 e. The topological polar surface area (TPSA) is 37.1 Å². The van der Waals surface area contributed by atoms with Gasteiger partial charge in [-0.05, 0) is 45.4 Å². The van der Waals surface area contributed by atoms with E-state index >= 15 is 0 Å². The van der Waals surface area contributed by atoms with Gasteiger partial charge in [0.25, 0.3) is 0 Å². The molecule has 0 aromatic heterocycles. The first-order valence-corrected chi connectivity index (χ1v) is 7.46. The van der Waals surface area contributed by atoms with Crippen molar-refractivity contribution in [1.82, 2.24) is 4.31 Å². The van der Waals surface area contributed by atoms with Crippen LogP contribution in [0, 0.1) is 18.6 Å². The van der Waals surface area contributed by atoms with E-state index in [0.29, 0.717) is 5.56 Å². The van der Waals surface area contributed by atoms with Crippen molar-refractivity contribution in [3.63, 3.8) is 0 Å². The zero-order chi connectivity index (χ0) is 14.6. The molecule has 2 atom stereocenters. The van der Waals surface area contributed by atoms with Gasteiger partial charge in [-0.25, -0.2) is 17.2 Å². The minimum Gasteiger partial charge on any atom is -0.212 e. The molecule has 6 heteroatoms. The molecule has 1 aliphatic rings. The van der Waals surface area contributed by atoms with E-state index in [4.69, 9.17) is 0 Å². The van der Waals surface area contributed by atoms with Crippen LogP contribution in [-0.4, -0.2) is 24.0 Å². The second-order valence-corrected chi connectivity index (χ2v) is 8.49. The Morgan fingerprint density at radius 3 is 2.11 bits per heavy atom. The van der Waals surface area contributed by atoms with Gasteiger partial charge in [-0.3, -0.25) is 0 Å². The van der Waals surface area contributed by atoms with E-state index in [-0.39, 0.29) is 12.1 Å². The smallest absolute Gasteiger partial charge is 0.212 e. The number of benzene rings is 1. The molecule has 1 saturated heterocycles. The number of hydrogen-bond donors (Lipinski definition) is 0. The Bertz CT molecular complexity index is 597. The van der Waals surface area contributed by atoms with E-state index in [9.17, 15) is 17.2 Å². The molecule has 1 aromatic rings. The molecule has 0 aliphatic carbocycles. The van der Waals surface area contributed by atoms with Gasteiger partial charge < -0.3 is 0 Å². The monoisotopic (exact) mass is 289 g/mol. The van der Waals surface area contributed by atoms with Gasteiger partial charge in [0.05, 0.1) is 10.8 Å². The summed E-state index contributed by atoms with van der Waals surface area (Å²) in [5.41, 5.74) is 0.322. The van der Waals surface area contributed by atoms with E-state index < -0.39 is 32.4 Å². The number of nitrogens with zero attached hydrogens (tertiary/aromatic N) is 1. The predicted molar refractivity (Wildman–Crippen MR) is 69.2 cm³/mol. The lowest BCUT2D eigenvalue weighted by molar-refractivity contribution is 0.506. The molecule has 0 bridgehead atoms. The van der Waals surface area contributed by atoms with Crippen LogP contribution in [0.4, 0.5) is 8.78 Å². The van der Waals surface area contributed by atoms with Crippen LogP contribution < -0.4 is 0 Å². The highest BCUT2D eigenvalue weighted by molar-refractivity contribution is 7.90. The number of hydrogen-bond acceptors (Lipinski definition) is 2. The van der Waals surface area contributed by atoms with Crippen LogP contribution in [-0.2, 0) is 10.0 Å². The molecule has 1 aromatic carbocycles. The van der Waals surface area contributed by atoms with Crippen LogP contribution in [0.2, 0.25) is 0 Å². The van der Waals surface area contributed by atoms with Crippen LogP contribution >= 0.6 is 0 Å². The van der Waals surface area contributed by atoms with Gasteiger partial charge in [0.1, 0.15) is 11.6 Å². The maximum absolute atomic E-state index is 13.8. The Morgan fingerprint density at radius 1 is 1.21 bits per heavy atom. The molecule has 2 rings (SSSR count). The van der Waals surface area contributed by atoms with Crippen molar-refractivity contribution < 1.29 is 17.2 Å². The molecule has 0 amide bonds. The van der Waals surface area contributed by atoms with E-state index in [1.807, 2.05) is 0 Å². The van der Waals surface area contributed by atoms with E-state index in [1.165, 1.54) is 12.1 Å². The van der Waals surface area contributed by atoms with Crippen LogP contribution in [0.1, 0.15) is 37.9 Å². The summed E-state index contributed by atoms with van der Waals surface area (Å²) >= 11 is 0. The molecular formula is C13H17F2NO2S. The maximum Gasteiger partial charge on any atom is 0.219 e. The third-order valence-electron chi connectivity index (χ3n) is 3.21. The van der Waals surface area contributed by atoms with Crippen LogP contribution in [0.15, 0.2) is 12.1 Å². The predicted octanol–water partition coefficient (Wildman–Crippen LogP) is 2.76. The van der Waals surface area contributed by atoms with Crippen LogP contribution in [0.3, 0.4) is 0 Å². The fraction of sp³-hybridized carbons (Fsp3) is 0.538. The zero-order valence-corrected chi connectivity index (χ0v) is 12.2. The molecule has 1 aliphatic heterocycles. The van der Waals surface area contributed by atoms with E-state index in [1.54, 1.807) is 27.7 Å². The van der Waals surface area contributed by atoms with Crippen LogP contribution in [0.25, 0.3) is 0 Å². The van der Waals surface area contributed by atoms with Crippen molar-refractivity contribution in [2.75, 3.05) is 6.54 Å². The molecule has 0 saturated carbocycles. The second-order valence-electron chi connectivity index (χ2n) is 5.85. The average Bonchev–Trinajstić information content (AvgIpc) is 2.94. The Labute approximate surface area is 112 Å². The number of sulfonamides is 1. The van der Waals surface area contributed by atoms with Gasteiger partial charge in [-0.1, -0.05) is 0 Å². The third-order valence-corrected chi connectivity index (χ3v) is 5.77. The average molecular weight is 289 g/mol. The molecule has 19 heavy (non-hydrogen) atoms. The highest BCUT2D eigenvalue weighted by atomic mass is 32.2. The van der Waals surface area contributed by atoms with Gasteiger partial charge in [0.2, 0.25) is 10.0 Å². The van der Waals surface area contributed by atoms with Gasteiger partial charge in [-0.2, -0.15) is 4.31 Å². The molecule has 0 spiro atoms. The van der Waals surface area contributed by atoms with Crippen molar-refractivity contribution in [3.8, 4) is 0 Å². The third kappa shape index (κ3) is 2.39. The van der Waals surface area contributed by atoms with Gasteiger partial charge in [0, 0.05) is 12.1 Å². The Kier molecular flexibility index (Phi) is 3.22. The molecule has 2 unspecified atom stereocenters. The minimum absolute atomic E-state index is 0.135. The fourth-order valence-electron chi connectivity index (χ4n) is 2.01. The molecule has 1 heterocycles. The first-order chi connectivity index (χ1) is 8.55. The van der Waals surface area contributed by atoms with Crippen molar-refractivity contribution in [2.45, 2.75) is 38.5 Å². The number of halogens is 2. The van der Waals surface area contributed by atoms with E-state index in [0.717, 1.165) is 4.31 Å². The van der Waals surface area contributed by atoms with Gasteiger partial charge in [-0.15, -0.1) is 0 Å². The number of aryl methyl sites for hydroxylation is 1. The van der Waals surface area contributed by atoms with Crippen molar-refractivity contribution in [2.24, 2.45) is 0 Å². The second kappa shape index (κ2) is 4.24. The fourth-order valence-corrected chi connectivity index (χ4v) is 3.49. The first-order valence-electron chi connectivity index (χ1n) is 6.02. The molecule has 1 fully saturated rings. The van der Waals surface area contributed by atoms with Gasteiger partial charge >= 0.3 is 0 Å². The standard InChI is InChI=1S/C13H17F2NO2S/c1-8-5-9(14)12(10(15)6-8)11-7-16(11)19(17,18)13(2,3)4/h5-6,11H,7H2,1-4H3. The lowest BCUT2D eigenvalue weighted by Crippen LogP contribution is -2.33. The molecule has 3 nitrogen and oxygen atoms in total. The van der Waals surface area contributed by atoms with Crippen molar-refractivity contribution in [3.05, 3.63) is 34.9 Å². The summed E-state index contributed by atoms with van der Waals surface area (Å²) in [5.74, 6) is -1.37. The summed E-state index contributed by atoms with van der Waals surface area (Å²) in [7, 11) is -3.54. The summed E-state index contributed by atoms with van der Waals surface area (Å²) in [6.45, 7) is 6.43. The minimum atomic E-state index is -3.54. The lowest BCUT2D eigenvalue weighted by atomic mass is 10.1. The van der Waals surface area contributed by atoms with Crippen molar-refractivity contribution >= 4 is 10.0 Å². The molecular weight excluding hydrogens is 272 g/mol. The Morgan fingerprint density at radius 2 is 1.68 bits per heavy atom. The quantitative estimate of drug-likeness (QED) is 0.785. The van der Waals surface area contributed by atoms with Gasteiger partial charge in [0.15, 0.2) is 0 Å². The summed E-state index contributed by atoms with van der Waals surface area (Å²) in [5, 5.41) is 0. The molecule has 0 N–H and O–H groups in total. The molecule has 106 valence electrons. The van der Waals surface area contributed by atoms with Crippen LogP contribution in [0.5, 0.6) is 0 Å². The number of rotatable bonds is 2. The Balaban J connectivity index is 2.36. The summed E-state index contributed by atoms with van der Waals surface area (Å²) in [6, 6.07) is 1.72. The van der Waals surface area contributed by atoms with Crippen molar-refractivity contribution in [1.29, 1.82) is 0 Å². The lowest BCUT2D eigenvalue weighted by Gasteiger charge is -2.20. The summed E-state index contributed by atoms with van der Waals surface area (Å²) < 4.78 is 52.1. The highest BCUT2D eigenvalue weighted by Gasteiger charge is 2.51. The van der Waals surface area contributed by atoms with E-state index in [2.05, 4.69) is 0 Å². The normalized spacial score (nSPS) is 23.5. The highest BCUT2D eigenvalue weighted by Crippen LogP contribution is 2.43.